The average molecular weight is 334 g/mol. The van der Waals surface area contributed by atoms with E-state index < -0.39 is 23.3 Å². The Morgan fingerprint density at radius 2 is 1.86 bits per heavy atom. The zero-order valence-corrected chi connectivity index (χ0v) is 14.0. The van der Waals surface area contributed by atoms with Crippen molar-refractivity contribution < 1.29 is 24.5 Å². The van der Waals surface area contributed by atoms with Crippen molar-refractivity contribution >= 4 is 35.5 Å². The van der Waals surface area contributed by atoms with Crippen LogP contribution >= 0.6 is 23.5 Å². The second-order valence-corrected chi connectivity index (χ2v) is 7.02. The fourth-order valence-corrected chi connectivity index (χ4v) is 4.43. The van der Waals surface area contributed by atoms with Crippen LogP contribution in [0.3, 0.4) is 0 Å². The summed E-state index contributed by atoms with van der Waals surface area (Å²) in [5, 5.41) is 19.4. The SMILES string of the molecule is CCCCSCC1(C(=O)O)OC(=O)C(O)=C1SCCCC. The number of carbonyl (C=O) groups is 2. The molecule has 2 N–H and O–H groups in total. The molecular formula is C14H22O5S2. The van der Waals surface area contributed by atoms with Gasteiger partial charge in [0.25, 0.3) is 5.60 Å². The Morgan fingerprint density at radius 3 is 2.43 bits per heavy atom. The molecule has 0 aromatic heterocycles. The minimum Gasteiger partial charge on any atom is -0.501 e. The molecule has 0 amide bonds. The molecule has 1 rings (SSSR count). The van der Waals surface area contributed by atoms with Crippen LogP contribution in [0, 0.1) is 0 Å². The van der Waals surface area contributed by atoms with Gasteiger partial charge in [-0.3, -0.25) is 0 Å². The standard InChI is InChI=1S/C14H22O5S2/c1-3-5-7-20-9-14(13(17)18)11(21-8-6-4-2)10(15)12(16)19-14/h15H,3-9H2,1-2H3,(H,17,18). The van der Waals surface area contributed by atoms with Crippen LogP contribution in [0.2, 0.25) is 0 Å². The molecule has 0 aromatic rings. The summed E-state index contributed by atoms with van der Waals surface area (Å²) in [5.74, 6) is -1.12. The lowest BCUT2D eigenvalue weighted by molar-refractivity contribution is -0.165. The maximum absolute atomic E-state index is 11.7. The molecular weight excluding hydrogens is 312 g/mol. The second kappa shape index (κ2) is 8.58. The van der Waals surface area contributed by atoms with Crippen molar-refractivity contribution in [3.63, 3.8) is 0 Å². The van der Waals surface area contributed by atoms with Crippen molar-refractivity contribution in [1.82, 2.24) is 0 Å². The summed E-state index contributed by atoms with van der Waals surface area (Å²) in [6.07, 6.45) is 3.84. The Morgan fingerprint density at radius 1 is 1.24 bits per heavy atom. The average Bonchev–Trinajstić information content (AvgIpc) is 2.69. The molecule has 0 aromatic carbocycles. The van der Waals surface area contributed by atoms with Gasteiger partial charge in [-0.15, -0.1) is 11.8 Å². The Balaban J connectivity index is 2.88. The van der Waals surface area contributed by atoms with E-state index in [0.29, 0.717) is 5.75 Å². The number of esters is 1. The fraction of sp³-hybridized carbons (Fsp3) is 0.714. The van der Waals surface area contributed by atoms with Crippen LogP contribution < -0.4 is 0 Å². The summed E-state index contributed by atoms with van der Waals surface area (Å²) in [4.78, 5) is 23.4. The number of hydrogen-bond donors (Lipinski definition) is 2. The van der Waals surface area contributed by atoms with Gasteiger partial charge in [-0.2, -0.15) is 11.8 Å². The number of carboxylic acid groups (broad SMARTS) is 1. The minimum atomic E-state index is -1.72. The van der Waals surface area contributed by atoms with Crippen molar-refractivity contribution in [1.29, 1.82) is 0 Å². The van der Waals surface area contributed by atoms with E-state index in [-0.39, 0.29) is 10.7 Å². The number of rotatable bonds is 10. The summed E-state index contributed by atoms with van der Waals surface area (Å²) in [7, 11) is 0. The molecule has 0 radical (unpaired) electrons. The zero-order valence-electron chi connectivity index (χ0n) is 12.4. The van der Waals surface area contributed by atoms with E-state index >= 15 is 0 Å². The number of ether oxygens (including phenoxy) is 1. The first kappa shape index (κ1) is 18.2. The number of aliphatic hydroxyl groups is 1. The smallest absolute Gasteiger partial charge is 0.375 e. The molecule has 120 valence electrons. The van der Waals surface area contributed by atoms with Crippen LogP contribution in [0.25, 0.3) is 0 Å². The lowest BCUT2D eigenvalue weighted by atomic mass is 10.1. The van der Waals surface area contributed by atoms with Gasteiger partial charge in [0.1, 0.15) is 0 Å². The van der Waals surface area contributed by atoms with E-state index in [1.807, 2.05) is 6.92 Å². The van der Waals surface area contributed by atoms with Gasteiger partial charge >= 0.3 is 11.9 Å². The van der Waals surface area contributed by atoms with Crippen LogP contribution in [0.4, 0.5) is 0 Å². The maximum Gasteiger partial charge on any atom is 0.375 e. The number of cyclic esters (lactones) is 1. The van der Waals surface area contributed by atoms with E-state index in [2.05, 4.69) is 6.92 Å². The normalized spacial score (nSPS) is 21.7. The lowest BCUT2D eigenvalue weighted by Crippen LogP contribution is -2.43. The van der Waals surface area contributed by atoms with E-state index in [0.717, 1.165) is 31.4 Å². The molecule has 0 fully saturated rings. The molecule has 0 aliphatic carbocycles. The van der Waals surface area contributed by atoms with Gasteiger partial charge in [0.2, 0.25) is 5.76 Å². The Hall–Kier alpha value is -0.820. The van der Waals surface area contributed by atoms with Crippen molar-refractivity contribution in [2.24, 2.45) is 0 Å². The molecule has 21 heavy (non-hydrogen) atoms. The highest BCUT2D eigenvalue weighted by Crippen LogP contribution is 2.42. The molecule has 0 spiro atoms. The first-order valence-corrected chi connectivity index (χ1v) is 9.24. The third kappa shape index (κ3) is 4.32. The van der Waals surface area contributed by atoms with E-state index in [4.69, 9.17) is 4.74 Å². The molecule has 1 atom stereocenters. The number of hydrogen-bond acceptors (Lipinski definition) is 6. The third-order valence-electron chi connectivity index (χ3n) is 3.08. The fourth-order valence-electron chi connectivity index (χ4n) is 1.80. The van der Waals surface area contributed by atoms with Gasteiger partial charge in [-0.25, -0.2) is 9.59 Å². The van der Waals surface area contributed by atoms with Gasteiger partial charge in [-0.05, 0) is 24.3 Å². The van der Waals surface area contributed by atoms with E-state index in [1.165, 1.54) is 23.5 Å². The summed E-state index contributed by atoms with van der Waals surface area (Å²) >= 11 is 2.64. The largest absolute Gasteiger partial charge is 0.501 e. The predicted molar refractivity (Wildman–Crippen MR) is 85.7 cm³/mol. The molecule has 7 heteroatoms. The highest BCUT2D eigenvalue weighted by Gasteiger charge is 2.54. The Labute approximate surface area is 133 Å². The van der Waals surface area contributed by atoms with Crippen LogP contribution in [-0.2, 0) is 14.3 Å². The van der Waals surface area contributed by atoms with Crippen LogP contribution in [0.1, 0.15) is 39.5 Å². The van der Waals surface area contributed by atoms with Gasteiger partial charge < -0.3 is 14.9 Å². The monoisotopic (exact) mass is 334 g/mol. The molecule has 1 unspecified atom stereocenters. The zero-order chi connectivity index (χ0) is 15.9. The third-order valence-corrected chi connectivity index (χ3v) is 5.57. The predicted octanol–water partition coefficient (Wildman–Crippen LogP) is 3.20. The number of unbranched alkanes of at least 4 members (excludes halogenated alkanes) is 2. The van der Waals surface area contributed by atoms with Crippen LogP contribution in [0.5, 0.6) is 0 Å². The summed E-state index contributed by atoms with van der Waals surface area (Å²) in [5.41, 5.74) is -1.72. The molecule has 1 aliphatic heterocycles. The summed E-state index contributed by atoms with van der Waals surface area (Å²) < 4.78 is 5.04. The van der Waals surface area contributed by atoms with Gasteiger partial charge in [0.05, 0.1) is 4.91 Å². The first-order chi connectivity index (χ1) is 9.99. The Kier molecular flexibility index (Phi) is 7.45. The quantitative estimate of drug-likeness (QED) is 0.469. The van der Waals surface area contributed by atoms with Gasteiger partial charge in [0.15, 0.2) is 0 Å². The number of thioether (sulfide) groups is 2. The van der Waals surface area contributed by atoms with Gasteiger partial charge in [-0.1, -0.05) is 26.7 Å². The Bertz CT molecular complexity index is 422. The van der Waals surface area contributed by atoms with Crippen molar-refractivity contribution in [3.8, 4) is 0 Å². The highest BCUT2D eigenvalue weighted by atomic mass is 32.2. The van der Waals surface area contributed by atoms with E-state index in [9.17, 15) is 19.8 Å². The maximum atomic E-state index is 11.7. The molecule has 1 aliphatic rings. The van der Waals surface area contributed by atoms with Crippen LogP contribution in [0.15, 0.2) is 10.7 Å². The molecule has 5 nitrogen and oxygen atoms in total. The van der Waals surface area contributed by atoms with Crippen molar-refractivity contribution in [2.75, 3.05) is 17.3 Å². The summed E-state index contributed by atoms with van der Waals surface area (Å²) in [6.45, 7) is 4.08. The molecule has 0 saturated carbocycles. The molecule has 1 heterocycles. The van der Waals surface area contributed by atoms with Crippen molar-refractivity contribution in [3.05, 3.63) is 10.7 Å². The first-order valence-electron chi connectivity index (χ1n) is 7.10. The second-order valence-electron chi connectivity index (χ2n) is 4.81. The molecule has 0 saturated heterocycles. The number of carbonyl (C=O) groups excluding carboxylic acids is 1. The molecule has 0 bridgehead atoms. The van der Waals surface area contributed by atoms with Gasteiger partial charge in [0, 0.05) is 5.75 Å². The topological polar surface area (TPSA) is 83.8 Å². The number of carboxylic acids is 1. The lowest BCUT2D eigenvalue weighted by Gasteiger charge is -2.25. The highest BCUT2D eigenvalue weighted by molar-refractivity contribution is 8.03. The summed E-state index contributed by atoms with van der Waals surface area (Å²) in [6, 6.07) is 0. The minimum absolute atomic E-state index is 0.132. The van der Waals surface area contributed by atoms with E-state index in [1.54, 1.807) is 0 Å². The number of aliphatic hydroxyl groups excluding tert-OH is 1. The van der Waals surface area contributed by atoms with Crippen molar-refractivity contribution in [2.45, 2.75) is 45.1 Å². The number of aliphatic carboxylic acids is 1. The van der Waals surface area contributed by atoms with Crippen LogP contribution in [-0.4, -0.2) is 45.0 Å².